The number of halogens is 1. The van der Waals surface area contributed by atoms with Crippen LogP contribution in [0.5, 0.6) is 0 Å². The molecule has 1 aliphatic rings. The van der Waals surface area contributed by atoms with Gasteiger partial charge in [-0.15, -0.1) is 11.6 Å². The van der Waals surface area contributed by atoms with Crippen LogP contribution in [0.25, 0.3) is 0 Å². The summed E-state index contributed by atoms with van der Waals surface area (Å²) in [5, 5.41) is 0. The van der Waals surface area contributed by atoms with Gasteiger partial charge in [-0.2, -0.15) is 0 Å². The Hall–Kier alpha value is -0.240. The monoisotopic (exact) mass is 203 g/mol. The molecule has 0 unspecified atom stereocenters. The van der Waals surface area contributed by atoms with Gasteiger partial charge in [0, 0.05) is 25.4 Å². The number of carbonyl (C=O) groups excluding carboxylic acids is 1. The molecule has 0 aromatic rings. The van der Waals surface area contributed by atoms with Crippen molar-refractivity contribution >= 4 is 17.5 Å². The van der Waals surface area contributed by atoms with Crippen molar-refractivity contribution in [2.45, 2.75) is 33.1 Å². The van der Waals surface area contributed by atoms with Gasteiger partial charge >= 0.3 is 0 Å². The molecule has 1 amide bonds. The topological polar surface area (TPSA) is 20.3 Å². The molecule has 1 saturated heterocycles. The van der Waals surface area contributed by atoms with Crippen LogP contribution in [-0.4, -0.2) is 29.8 Å². The van der Waals surface area contributed by atoms with E-state index in [4.69, 9.17) is 11.6 Å². The molecule has 0 saturated carbocycles. The average Bonchev–Trinajstić information content (AvgIpc) is 2.18. The fourth-order valence-corrected chi connectivity index (χ4v) is 1.83. The zero-order chi connectivity index (χ0) is 9.90. The van der Waals surface area contributed by atoms with Crippen molar-refractivity contribution in [3.8, 4) is 0 Å². The molecule has 0 aromatic carbocycles. The maximum atomic E-state index is 11.6. The smallest absolute Gasteiger partial charge is 0.222 e. The molecular weight excluding hydrogens is 186 g/mol. The van der Waals surface area contributed by atoms with Crippen LogP contribution in [0.15, 0.2) is 0 Å². The van der Waals surface area contributed by atoms with Crippen LogP contribution in [0.4, 0.5) is 0 Å². The van der Waals surface area contributed by atoms with Crippen molar-refractivity contribution in [1.29, 1.82) is 0 Å². The van der Waals surface area contributed by atoms with Gasteiger partial charge in [-0.3, -0.25) is 4.79 Å². The van der Waals surface area contributed by atoms with Crippen molar-refractivity contribution in [2.75, 3.05) is 19.0 Å². The number of likely N-dealkylation sites (tertiary alicyclic amines) is 1. The summed E-state index contributed by atoms with van der Waals surface area (Å²) in [5.41, 5.74) is 0.316. The molecule has 0 radical (unpaired) electrons. The highest BCUT2D eigenvalue weighted by Gasteiger charge is 2.26. The molecule has 3 heteroatoms. The molecule has 2 nitrogen and oxygen atoms in total. The fourth-order valence-electron chi connectivity index (χ4n) is 1.63. The number of rotatable bonds is 2. The summed E-state index contributed by atoms with van der Waals surface area (Å²) in [6, 6.07) is 0. The average molecular weight is 204 g/mol. The van der Waals surface area contributed by atoms with Gasteiger partial charge in [-0.1, -0.05) is 13.8 Å². The van der Waals surface area contributed by atoms with Crippen LogP contribution in [0, 0.1) is 5.41 Å². The van der Waals surface area contributed by atoms with Crippen LogP contribution in [0.3, 0.4) is 0 Å². The highest BCUT2D eigenvalue weighted by molar-refractivity contribution is 6.18. The van der Waals surface area contributed by atoms with Gasteiger partial charge in [0.2, 0.25) is 5.91 Å². The summed E-state index contributed by atoms with van der Waals surface area (Å²) >= 11 is 5.63. The van der Waals surface area contributed by atoms with Gasteiger partial charge in [0.1, 0.15) is 0 Å². The molecule has 0 aromatic heterocycles. The molecule has 0 atom stereocenters. The Balaban J connectivity index is 2.54. The lowest BCUT2D eigenvalue weighted by Crippen LogP contribution is -2.32. The summed E-state index contributed by atoms with van der Waals surface area (Å²) < 4.78 is 0. The minimum absolute atomic E-state index is 0.270. The third-order valence-electron chi connectivity index (χ3n) is 2.78. The number of alkyl halides is 1. The van der Waals surface area contributed by atoms with Crippen LogP contribution in [0.1, 0.15) is 33.1 Å². The predicted octanol–water partition coefficient (Wildman–Crippen LogP) is 2.26. The normalized spacial score (nSPS) is 23.0. The lowest BCUT2D eigenvalue weighted by Gasteiger charge is -2.22. The highest BCUT2D eigenvalue weighted by Crippen LogP contribution is 2.30. The summed E-state index contributed by atoms with van der Waals surface area (Å²) in [6.07, 6.45) is 2.78. The van der Waals surface area contributed by atoms with Gasteiger partial charge in [-0.05, 0) is 18.3 Å². The molecule has 76 valence electrons. The maximum absolute atomic E-state index is 11.6. The zero-order valence-corrected chi connectivity index (χ0v) is 9.23. The van der Waals surface area contributed by atoms with Crippen LogP contribution < -0.4 is 0 Å². The third kappa shape index (κ3) is 3.18. The second-order valence-electron chi connectivity index (χ2n) is 4.48. The Morgan fingerprint density at radius 1 is 1.46 bits per heavy atom. The van der Waals surface area contributed by atoms with Crippen molar-refractivity contribution < 1.29 is 4.79 Å². The van der Waals surface area contributed by atoms with E-state index in [1.807, 2.05) is 4.90 Å². The molecule has 0 N–H and O–H groups in total. The molecule has 1 fully saturated rings. The van der Waals surface area contributed by atoms with E-state index < -0.39 is 0 Å². The SMILES string of the molecule is CC1(C)CCC(=O)N(CCCl)CC1. The Morgan fingerprint density at radius 3 is 2.77 bits per heavy atom. The molecule has 0 bridgehead atoms. The quantitative estimate of drug-likeness (QED) is 0.631. The molecular formula is C10H18ClNO. The number of carbonyl (C=O) groups is 1. The van der Waals surface area contributed by atoms with E-state index in [-0.39, 0.29) is 5.91 Å². The first-order chi connectivity index (χ1) is 6.05. The minimum Gasteiger partial charge on any atom is -0.341 e. The number of hydrogen-bond donors (Lipinski definition) is 0. The second-order valence-corrected chi connectivity index (χ2v) is 4.86. The van der Waals surface area contributed by atoms with Gasteiger partial charge in [0.15, 0.2) is 0 Å². The van der Waals surface area contributed by atoms with Crippen molar-refractivity contribution in [1.82, 2.24) is 4.90 Å². The first kappa shape index (κ1) is 10.8. The highest BCUT2D eigenvalue weighted by atomic mass is 35.5. The fraction of sp³-hybridized carbons (Fsp3) is 0.900. The van der Waals surface area contributed by atoms with Gasteiger partial charge < -0.3 is 4.90 Å². The molecule has 13 heavy (non-hydrogen) atoms. The zero-order valence-electron chi connectivity index (χ0n) is 8.48. The standard InChI is InChI=1S/C10H18ClNO/c1-10(2)4-3-9(13)12(7-5-10)8-6-11/h3-8H2,1-2H3. The first-order valence-electron chi connectivity index (χ1n) is 4.89. The van der Waals surface area contributed by atoms with E-state index in [0.717, 1.165) is 19.4 Å². The van der Waals surface area contributed by atoms with E-state index >= 15 is 0 Å². The van der Waals surface area contributed by atoms with E-state index in [9.17, 15) is 4.79 Å². The summed E-state index contributed by atoms with van der Waals surface area (Å²) in [5.74, 6) is 0.817. The van der Waals surface area contributed by atoms with E-state index in [1.165, 1.54) is 0 Å². The first-order valence-corrected chi connectivity index (χ1v) is 5.42. The minimum atomic E-state index is 0.270. The van der Waals surface area contributed by atoms with Gasteiger partial charge in [-0.25, -0.2) is 0 Å². The van der Waals surface area contributed by atoms with E-state index in [0.29, 0.717) is 24.3 Å². The predicted molar refractivity (Wildman–Crippen MR) is 54.9 cm³/mol. The van der Waals surface area contributed by atoms with Crippen LogP contribution in [0.2, 0.25) is 0 Å². The maximum Gasteiger partial charge on any atom is 0.222 e. The number of hydrogen-bond acceptors (Lipinski definition) is 1. The van der Waals surface area contributed by atoms with E-state index in [1.54, 1.807) is 0 Å². The number of amides is 1. The molecule has 1 heterocycles. The van der Waals surface area contributed by atoms with E-state index in [2.05, 4.69) is 13.8 Å². The van der Waals surface area contributed by atoms with Crippen molar-refractivity contribution in [3.05, 3.63) is 0 Å². The molecule has 1 aliphatic heterocycles. The Kier molecular flexibility index (Phi) is 3.60. The van der Waals surface area contributed by atoms with Crippen molar-refractivity contribution in [2.24, 2.45) is 5.41 Å². The summed E-state index contributed by atoms with van der Waals surface area (Å²) in [6.45, 7) is 6.03. The van der Waals surface area contributed by atoms with Crippen molar-refractivity contribution in [3.63, 3.8) is 0 Å². The van der Waals surface area contributed by atoms with Gasteiger partial charge in [0.25, 0.3) is 0 Å². The Labute approximate surface area is 85.2 Å². The van der Waals surface area contributed by atoms with Gasteiger partial charge in [0.05, 0.1) is 0 Å². The number of nitrogens with zero attached hydrogens (tertiary/aromatic N) is 1. The Morgan fingerprint density at radius 2 is 2.15 bits per heavy atom. The lowest BCUT2D eigenvalue weighted by molar-refractivity contribution is -0.130. The molecule has 0 spiro atoms. The molecule has 1 rings (SSSR count). The lowest BCUT2D eigenvalue weighted by atomic mass is 9.85. The largest absolute Gasteiger partial charge is 0.341 e. The van der Waals surface area contributed by atoms with Crippen LogP contribution in [-0.2, 0) is 4.79 Å². The molecule has 0 aliphatic carbocycles. The Bertz CT molecular complexity index is 191. The third-order valence-corrected chi connectivity index (χ3v) is 2.95. The summed E-state index contributed by atoms with van der Waals surface area (Å²) in [4.78, 5) is 13.4. The van der Waals surface area contributed by atoms with Crippen LogP contribution >= 0.6 is 11.6 Å². The second kappa shape index (κ2) is 4.32. The summed E-state index contributed by atoms with van der Waals surface area (Å²) in [7, 11) is 0.